The number of para-hydroxylation sites is 1. The van der Waals surface area contributed by atoms with Crippen LogP contribution < -0.4 is 9.62 Å². The molecule has 0 radical (unpaired) electrons. The van der Waals surface area contributed by atoms with Gasteiger partial charge in [0, 0.05) is 28.7 Å². The molecule has 38 heavy (non-hydrogen) atoms. The predicted molar refractivity (Wildman–Crippen MR) is 152 cm³/mol. The molecule has 3 aromatic carbocycles. The summed E-state index contributed by atoms with van der Waals surface area (Å²) in [7, 11) is -4.10. The first-order valence-electron chi connectivity index (χ1n) is 12.3. The number of unbranched alkanes of at least 4 members (excludes halogenated alkanes) is 1. The van der Waals surface area contributed by atoms with Crippen molar-refractivity contribution in [3.05, 3.63) is 94.5 Å². The van der Waals surface area contributed by atoms with Gasteiger partial charge in [-0.25, -0.2) is 8.42 Å². The quantitative estimate of drug-likeness (QED) is 0.288. The van der Waals surface area contributed by atoms with E-state index in [-0.39, 0.29) is 17.3 Å². The highest BCUT2D eigenvalue weighted by atomic mass is 35.5. The summed E-state index contributed by atoms with van der Waals surface area (Å²) in [6.07, 6.45) is 1.69. The van der Waals surface area contributed by atoms with E-state index in [0.29, 0.717) is 27.8 Å². The first-order valence-corrected chi connectivity index (χ1v) is 14.5. The molecule has 0 fully saturated rings. The van der Waals surface area contributed by atoms with Crippen molar-refractivity contribution in [2.24, 2.45) is 0 Å². The van der Waals surface area contributed by atoms with Crippen molar-refractivity contribution >= 4 is 50.7 Å². The van der Waals surface area contributed by atoms with E-state index >= 15 is 0 Å². The summed E-state index contributed by atoms with van der Waals surface area (Å²) in [5.74, 6) is -0.936. The van der Waals surface area contributed by atoms with E-state index in [4.69, 9.17) is 23.2 Å². The van der Waals surface area contributed by atoms with Gasteiger partial charge in [-0.15, -0.1) is 0 Å². The average Bonchev–Trinajstić information content (AvgIpc) is 2.92. The first-order chi connectivity index (χ1) is 18.2. The first kappa shape index (κ1) is 29.5. The molecule has 0 bridgehead atoms. The molecule has 0 saturated carbocycles. The topological polar surface area (TPSA) is 86.8 Å². The Hall–Kier alpha value is -3.07. The van der Waals surface area contributed by atoms with E-state index in [2.05, 4.69) is 5.32 Å². The third-order valence-corrected chi connectivity index (χ3v) is 8.54. The van der Waals surface area contributed by atoms with Crippen LogP contribution in [0.5, 0.6) is 0 Å². The smallest absolute Gasteiger partial charge is 0.264 e. The largest absolute Gasteiger partial charge is 0.354 e. The zero-order valence-corrected chi connectivity index (χ0v) is 23.6. The molecule has 2 amide bonds. The fraction of sp³-hybridized carbons (Fsp3) is 0.286. The SMILES string of the molecule is CCCCNC(=O)C(C)N(Cc1c(Cl)cccc1Cl)C(=O)CN(c1ccccc1)S(=O)(=O)c1ccccc1. The van der Waals surface area contributed by atoms with E-state index in [1.54, 1.807) is 73.7 Å². The number of sulfonamides is 1. The number of carbonyl (C=O) groups is 2. The molecule has 7 nitrogen and oxygen atoms in total. The van der Waals surface area contributed by atoms with Crippen LogP contribution in [-0.2, 0) is 26.2 Å². The lowest BCUT2D eigenvalue weighted by Gasteiger charge is -2.32. The number of halogens is 2. The van der Waals surface area contributed by atoms with Crippen LogP contribution >= 0.6 is 23.2 Å². The van der Waals surface area contributed by atoms with Crippen molar-refractivity contribution < 1.29 is 18.0 Å². The predicted octanol–water partition coefficient (Wildman–Crippen LogP) is 5.52. The van der Waals surface area contributed by atoms with Crippen LogP contribution in [0.2, 0.25) is 10.0 Å². The van der Waals surface area contributed by atoms with Crippen LogP contribution in [0.3, 0.4) is 0 Å². The number of hydrogen-bond donors (Lipinski definition) is 1. The molecule has 0 aliphatic carbocycles. The molecular weight excluding hydrogens is 545 g/mol. The minimum absolute atomic E-state index is 0.0442. The van der Waals surface area contributed by atoms with Gasteiger partial charge in [0.15, 0.2) is 0 Å². The number of rotatable bonds is 12. The molecule has 1 atom stereocenters. The highest BCUT2D eigenvalue weighted by Crippen LogP contribution is 2.28. The summed E-state index contributed by atoms with van der Waals surface area (Å²) in [6.45, 7) is 3.47. The van der Waals surface area contributed by atoms with Crippen LogP contribution in [-0.4, -0.2) is 44.3 Å². The molecule has 202 valence electrons. The lowest BCUT2D eigenvalue weighted by atomic mass is 10.1. The van der Waals surface area contributed by atoms with Crippen molar-refractivity contribution in [2.45, 2.75) is 44.2 Å². The fourth-order valence-corrected chi connectivity index (χ4v) is 5.77. The maximum atomic E-state index is 13.9. The Morgan fingerprint density at radius 3 is 2.05 bits per heavy atom. The number of benzene rings is 3. The molecule has 1 unspecified atom stereocenters. The highest BCUT2D eigenvalue weighted by molar-refractivity contribution is 7.92. The number of hydrogen-bond acceptors (Lipinski definition) is 4. The molecule has 10 heteroatoms. The van der Waals surface area contributed by atoms with Crippen LogP contribution in [0, 0.1) is 0 Å². The molecule has 1 N–H and O–H groups in total. The summed E-state index contributed by atoms with van der Waals surface area (Å²) < 4.78 is 28.4. The summed E-state index contributed by atoms with van der Waals surface area (Å²) in [5.41, 5.74) is 0.787. The Balaban J connectivity index is 2.00. The summed E-state index contributed by atoms with van der Waals surface area (Å²) in [6, 6.07) is 20.3. The van der Waals surface area contributed by atoms with Gasteiger partial charge in [0.25, 0.3) is 10.0 Å². The van der Waals surface area contributed by atoms with E-state index in [0.717, 1.165) is 17.1 Å². The van der Waals surface area contributed by atoms with Gasteiger partial charge in [0.2, 0.25) is 11.8 Å². The monoisotopic (exact) mass is 575 g/mol. The van der Waals surface area contributed by atoms with Crippen molar-refractivity contribution in [3.63, 3.8) is 0 Å². The molecule has 0 aliphatic heterocycles. The molecule has 0 saturated heterocycles. The van der Waals surface area contributed by atoms with Crippen molar-refractivity contribution in [1.29, 1.82) is 0 Å². The second kappa shape index (κ2) is 13.6. The maximum absolute atomic E-state index is 13.9. The highest BCUT2D eigenvalue weighted by Gasteiger charge is 2.33. The van der Waals surface area contributed by atoms with Crippen LogP contribution in [0.4, 0.5) is 5.69 Å². The third kappa shape index (κ3) is 7.28. The summed E-state index contributed by atoms with van der Waals surface area (Å²) >= 11 is 12.8. The molecule has 0 aliphatic rings. The second-order valence-electron chi connectivity index (χ2n) is 8.70. The minimum atomic E-state index is -4.10. The van der Waals surface area contributed by atoms with E-state index in [1.165, 1.54) is 17.0 Å². The number of anilines is 1. The van der Waals surface area contributed by atoms with Gasteiger partial charge < -0.3 is 10.2 Å². The van der Waals surface area contributed by atoms with Gasteiger partial charge in [-0.3, -0.25) is 13.9 Å². The van der Waals surface area contributed by atoms with Crippen molar-refractivity contribution in [2.75, 3.05) is 17.4 Å². The summed E-state index contributed by atoms with van der Waals surface area (Å²) in [4.78, 5) is 28.2. The lowest BCUT2D eigenvalue weighted by Crippen LogP contribution is -2.51. The van der Waals surface area contributed by atoms with E-state index < -0.39 is 28.5 Å². The summed E-state index contributed by atoms with van der Waals surface area (Å²) in [5, 5.41) is 3.52. The Kier molecular flexibility index (Phi) is 10.6. The number of nitrogens with zero attached hydrogens (tertiary/aromatic N) is 2. The van der Waals surface area contributed by atoms with E-state index in [1.807, 2.05) is 6.92 Å². The van der Waals surface area contributed by atoms with Crippen molar-refractivity contribution in [3.8, 4) is 0 Å². The van der Waals surface area contributed by atoms with Crippen LogP contribution in [0.1, 0.15) is 32.3 Å². The Bertz CT molecular complexity index is 1320. The van der Waals surface area contributed by atoms with Gasteiger partial charge in [0.1, 0.15) is 12.6 Å². The number of amides is 2. The lowest BCUT2D eigenvalue weighted by molar-refractivity contribution is -0.139. The zero-order chi connectivity index (χ0) is 27.7. The zero-order valence-electron chi connectivity index (χ0n) is 21.3. The molecule has 3 aromatic rings. The normalized spacial score (nSPS) is 12.0. The van der Waals surface area contributed by atoms with Gasteiger partial charge in [-0.2, -0.15) is 0 Å². The van der Waals surface area contributed by atoms with Crippen LogP contribution in [0.15, 0.2) is 83.8 Å². The standard InChI is InChI=1S/C28H31Cl2N3O4S/c1-3-4-18-31-28(35)21(2)32(19-24-25(29)16-11-17-26(24)30)27(34)20-33(22-12-7-5-8-13-22)38(36,37)23-14-9-6-10-15-23/h5-17,21H,3-4,18-20H2,1-2H3,(H,31,35). The molecule has 3 rings (SSSR count). The Morgan fingerprint density at radius 1 is 0.895 bits per heavy atom. The Labute approximate surface area is 234 Å². The second-order valence-corrected chi connectivity index (χ2v) is 11.4. The van der Waals surface area contributed by atoms with Gasteiger partial charge in [-0.05, 0) is 49.7 Å². The van der Waals surface area contributed by atoms with Gasteiger partial charge in [-0.1, -0.05) is 79.0 Å². The van der Waals surface area contributed by atoms with Gasteiger partial charge >= 0.3 is 0 Å². The van der Waals surface area contributed by atoms with Crippen molar-refractivity contribution in [1.82, 2.24) is 10.2 Å². The Morgan fingerprint density at radius 2 is 1.47 bits per heavy atom. The van der Waals surface area contributed by atoms with Gasteiger partial charge in [0.05, 0.1) is 10.6 Å². The molecular formula is C28H31Cl2N3O4S. The maximum Gasteiger partial charge on any atom is 0.264 e. The molecule has 0 aromatic heterocycles. The average molecular weight is 577 g/mol. The van der Waals surface area contributed by atoms with Crippen LogP contribution in [0.25, 0.3) is 0 Å². The number of carbonyl (C=O) groups excluding carboxylic acids is 2. The number of nitrogens with one attached hydrogen (secondary N) is 1. The molecule has 0 heterocycles. The third-order valence-electron chi connectivity index (χ3n) is 6.04. The fourth-order valence-electron chi connectivity index (χ4n) is 3.82. The minimum Gasteiger partial charge on any atom is -0.354 e. The molecule has 0 spiro atoms. The van der Waals surface area contributed by atoms with E-state index in [9.17, 15) is 18.0 Å².